The molecule has 0 bridgehead atoms. The quantitative estimate of drug-likeness (QED) is 0.858. The van der Waals surface area contributed by atoms with Crippen LogP contribution in [0.5, 0.6) is 0 Å². The fourth-order valence-corrected chi connectivity index (χ4v) is 5.63. The summed E-state index contributed by atoms with van der Waals surface area (Å²) in [5.74, 6) is 3.76. The molecule has 1 saturated heterocycles. The number of likely N-dealkylation sites (N-methyl/N-ethyl adjacent to an activating group) is 1. The average molecular weight is 336 g/mol. The Balaban J connectivity index is 2.06. The van der Waals surface area contributed by atoms with Crippen molar-refractivity contribution in [2.24, 2.45) is 0 Å². The van der Waals surface area contributed by atoms with Crippen LogP contribution in [0.15, 0.2) is 18.2 Å². The second-order valence-electron chi connectivity index (χ2n) is 4.59. The molecule has 0 spiro atoms. The van der Waals surface area contributed by atoms with Gasteiger partial charge in [0.15, 0.2) is 0 Å². The van der Waals surface area contributed by atoms with Crippen LogP contribution in [-0.4, -0.2) is 35.1 Å². The Morgan fingerprint density at radius 3 is 2.84 bits per heavy atom. The van der Waals surface area contributed by atoms with Crippen LogP contribution in [-0.2, 0) is 6.42 Å². The number of hydrogen-bond donors (Lipinski definition) is 1. The van der Waals surface area contributed by atoms with E-state index in [0.717, 1.165) is 18.0 Å². The van der Waals surface area contributed by atoms with Gasteiger partial charge in [-0.1, -0.05) is 36.2 Å². The predicted octanol–water partition coefficient (Wildman–Crippen LogP) is 4.36. The van der Waals surface area contributed by atoms with Crippen molar-refractivity contribution in [3.05, 3.63) is 33.8 Å². The standard InChI is InChI=1S/C14H19Cl2NS2/c1-2-17-13(14-9-18-5-6-19-14)7-10-3-4-11(15)8-12(10)16/h3-4,8,13-14,17H,2,5-7,9H2,1H3. The molecule has 2 atom stereocenters. The maximum Gasteiger partial charge on any atom is 0.0453 e. The molecule has 1 aromatic rings. The minimum Gasteiger partial charge on any atom is -0.313 e. The van der Waals surface area contributed by atoms with E-state index in [-0.39, 0.29) is 0 Å². The van der Waals surface area contributed by atoms with Gasteiger partial charge in [-0.05, 0) is 30.7 Å². The first-order chi connectivity index (χ1) is 9.20. The Bertz CT molecular complexity index is 408. The summed E-state index contributed by atoms with van der Waals surface area (Å²) in [7, 11) is 0. The van der Waals surface area contributed by atoms with Crippen molar-refractivity contribution in [1.29, 1.82) is 0 Å². The largest absolute Gasteiger partial charge is 0.313 e. The van der Waals surface area contributed by atoms with Gasteiger partial charge in [-0.3, -0.25) is 0 Å². The minimum absolute atomic E-state index is 0.487. The van der Waals surface area contributed by atoms with Gasteiger partial charge in [0.2, 0.25) is 0 Å². The molecule has 106 valence electrons. The number of halogens is 2. The Hall–Kier alpha value is 0.460. The molecule has 1 heterocycles. The fourth-order valence-electron chi connectivity index (χ4n) is 2.26. The van der Waals surface area contributed by atoms with Gasteiger partial charge in [0.25, 0.3) is 0 Å². The summed E-state index contributed by atoms with van der Waals surface area (Å²) in [6.45, 7) is 3.16. The zero-order valence-electron chi connectivity index (χ0n) is 11.0. The Kier molecular flexibility index (Phi) is 6.70. The molecule has 5 heteroatoms. The third-order valence-electron chi connectivity index (χ3n) is 3.21. The molecular weight excluding hydrogens is 317 g/mol. The number of benzene rings is 1. The maximum atomic E-state index is 6.29. The van der Waals surface area contributed by atoms with E-state index in [4.69, 9.17) is 23.2 Å². The van der Waals surface area contributed by atoms with E-state index >= 15 is 0 Å². The summed E-state index contributed by atoms with van der Waals surface area (Å²) in [5.41, 5.74) is 1.19. The third kappa shape index (κ3) is 4.75. The first-order valence-corrected chi connectivity index (χ1v) is 9.53. The summed E-state index contributed by atoms with van der Waals surface area (Å²) >= 11 is 16.4. The zero-order chi connectivity index (χ0) is 13.7. The number of nitrogens with one attached hydrogen (secondary N) is 1. The molecule has 1 nitrogen and oxygen atoms in total. The topological polar surface area (TPSA) is 12.0 Å². The van der Waals surface area contributed by atoms with Crippen molar-refractivity contribution in [3.63, 3.8) is 0 Å². The lowest BCUT2D eigenvalue weighted by Crippen LogP contribution is -2.42. The van der Waals surface area contributed by atoms with Gasteiger partial charge in [0.1, 0.15) is 0 Å². The predicted molar refractivity (Wildman–Crippen MR) is 91.2 cm³/mol. The van der Waals surface area contributed by atoms with Gasteiger partial charge in [0.05, 0.1) is 0 Å². The maximum absolute atomic E-state index is 6.29. The average Bonchev–Trinajstić information content (AvgIpc) is 2.42. The van der Waals surface area contributed by atoms with Gasteiger partial charge >= 0.3 is 0 Å². The van der Waals surface area contributed by atoms with Crippen molar-refractivity contribution in [1.82, 2.24) is 5.32 Å². The van der Waals surface area contributed by atoms with Crippen LogP contribution in [0.25, 0.3) is 0 Å². The van der Waals surface area contributed by atoms with Crippen LogP contribution in [0.4, 0.5) is 0 Å². The monoisotopic (exact) mass is 335 g/mol. The highest BCUT2D eigenvalue weighted by molar-refractivity contribution is 8.06. The van der Waals surface area contributed by atoms with Crippen molar-refractivity contribution < 1.29 is 0 Å². The molecule has 0 amide bonds. The lowest BCUT2D eigenvalue weighted by atomic mass is 10.0. The van der Waals surface area contributed by atoms with Gasteiger partial charge in [-0.15, -0.1) is 0 Å². The van der Waals surface area contributed by atoms with Crippen molar-refractivity contribution in [2.75, 3.05) is 23.8 Å². The normalized spacial score (nSPS) is 21.3. The van der Waals surface area contributed by atoms with Crippen molar-refractivity contribution >= 4 is 46.7 Å². The lowest BCUT2D eigenvalue weighted by molar-refractivity contribution is 0.522. The van der Waals surface area contributed by atoms with Crippen molar-refractivity contribution in [2.45, 2.75) is 24.6 Å². The number of hydrogen-bond acceptors (Lipinski definition) is 3. The summed E-state index contributed by atoms with van der Waals surface area (Å²) in [6, 6.07) is 6.30. The summed E-state index contributed by atoms with van der Waals surface area (Å²) in [6.07, 6.45) is 0.974. The first kappa shape index (κ1) is 15.8. The van der Waals surface area contributed by atoms with Crippen molar-refractivity contribution in [3.8, 4) is 0 Å². The highest BCUT2D eigenvalue weighted by Gasteiger charge is 2.24. The van der Waals surface area contributed by atoms with E-state index in [1.165, 1.54) is 22.8 Å². The van der Waals surface area contributed by atoms with Crippen LogP contribution in [0, 0.1) is 0 Å². The Morgan fingerprint density at radius 2 is 2.21 bits per heavy atom. The number of thioether (sulfide) groups is 2. The van der Waals surface area contributed by atoms with Crippen LogP contribution >= 0.6 is 46.7 Å². The second-order valence-corrected chi connectivity index (χ2v) is 7.93. The molecule has 19 heavy (non-hydrogen) atoms. The zero-order valence-corrected chi connectivity index (χ0v) is 14.1. The smallest absolute Gasteiger partial charge is 0.0453 e. The Labute approximate surface area is 134 Å². The first-order valence-electron chi connectivity index (χ1n) is 6.57. The van der Waals surface area contributed by atoms with E-state index in [0.29, 0.717) is 16.3 Å². The fraction of sp³-hybridized carbons (Fsp3) is 0.571. The highest BCUT2D eigenvalue weighted by Crippen LogP contribution is 2.29. The molecule has 0 aromatic heterocycles. The molecule has 1 N–H and O–H groups in total. The van der Waals surface area contributed by atoms with Crippen LogP contribution in [0.3, 0.4) is 0 Å². The second kappa shape index (κ2) is 8.04. The SMILES string of the molecule is CCNC(Cc1ccc(Cl)cc1Cl)C1CSCCS1. The molecule has 0 saturated carbocycles. The van der Waals surface area contributed by atoms with Crippen LogP contribution in [0.1, 0.15) is 12.5 Å². The summed E-state index contributed by atoms with van der Waals surface area (Å²) in [4.78, 5) is 0. The van der Waals surface area contributed by atoms with E-state index in [2.05, 4.69) is 41.8 Å². The van der Waals surface area contributed by atoms with E-state index in [1.54, 1.807) is 0 Å². The van der Waals surface area contributed by atoms with E-state index in [9.17, 15) is 0 Å². The molecule has 1 aromatic carbocycles. The van der Waals surface area contributed by atoms with Crippen LogP contribution in [0.2, 0.25) is 10.0 Å². The van der Waals surface area contributed by atoms with Gasteiger partial charge in [-0.25, -0.2) is 0 Å². The van der Waals surface area contributed by atoms with Gasteiger partial charge < -0.3 is 5.32 Å². The van der Waals surface area contributed by atoms with E-state index in [1.807, 2.05) is 12.1 Å². The highest BCUT2D eigenvalue weighted by atomic mass is 35.5. The molecule has 2 rings (SSSR count). The molecule has 1 fully saturated rings. The molecule has 1 aliphatic rings. The molecule has 1 aliphatic heterocycles. The molecule has 0 aliphatic carbocycles. The van der Waals surface area contributed by atoms with Gasteiger partial charge in [0, 0.05) is 38.6 Å². The molecule has 0 radical (unpaired) electrons. The van der Waals surface area contributed by atoms with Crippen LogP contribution < -0.4 is 5.32 Å². The van der Waals surface area contributed by atoms with E-state index < -0.39 is 0 Å². The minimum atomic E-state index is 0.487. The molecule has 2 unspecified atom stereocenters. The summed E-state index contributed by atoms with van der Waals surface area (Å²) in [5, 5.41) is 5.77. The Morgan fingerprint density at radius 1 is 1.37 bits per heavy atom. The summed E-state index contributed by atoms with van der Waals surface area (Å²) < 4.78 is 0. The third-order valence-corrected chi connectivity index (χ3v) is 6.72. The lowest BCUT2D eigenvalue weighted by Gasteiger charge is -2.30. The number of rotatable bonds is 5. The van der Waals surface area contributed by atoms with Gasteiger partial charge in [-0.2, -0.15) is 23.5 Å². The molecular formula is C14H19Cl2NS2.